The second-order valence-corrected chi connectivity index (χ2v) is 10.7. The van der Waals surface area contributed by atoms with Crippen LogP contribution in [-0.4, -0.2) is 34.3 Å². The van der Waals surface area contributed by atoms with Crippen molar-refractivity contribution in [2.75, 3.05) is 6.61 Å². The summed E-state index contributed by atoms with van der Waals surface area (Å²) in [5.74, 6) is -0.709. The van der Waals surface area contributed by atoms with Gasteiger partial charge in [0.1, 0.15) is 30.7 Å². The molecule has 39 heavy (non-hydrogen) atoms. The number of carbonyl (C=O) groups excluding carboxylic acids is 1. The number of carbonyl (C=O) groups is 1. The minimum Gasteiger partial charge on any atom is -0.460 e. The van der Waals surface area contributed by atoms with Crippen molar-refractivity contribution < 1.29 is 27.9 Å². The molecule has 11 nitrogen and oxygen atoms in total. The summed E-state index contributed by atoms with van der Waals surface area (Å²) in [5, 5.41) is 2.64. The number of nitrogens with one attached hydrogen (secondary N) is 2. The minimum atomic E-state index is -4.14. The lowest BCUT2D eigenvalue weighted by atomic mass is 10.0. The molecule has 0 bridgehead atoms. The summed E-state index contributed by atoms with van der Waals surface area (Å²) in [6, 6.07) is 17.7. The van der Waals surface area contributed by atoms with Gasteiger partial charge in [-0.3, -0.25) is 23.7 Å². The van der Waals surface area contributed by atoms with E-state index in [2.05, 4.69) is 16.7 Å². The Hall–Kier alpha value is -3.76. The monoisotopic (exact) mass is 555 g/mol. The molecule has 2 heterocycles. The Morgan fingerprint density at radius 2 is 1.79 bits per heavy atom. The first kappa shape index (κ1) is 28.3. The summed E-state index contributed by atoms with van der Waals surface area (Å²) in [6.07, 6.45) is -0.171. The molecule has 1 aromatic heterocycles. The third-order valence-electron chi connectivity index (χ3n) is 6.15. The summed E-state index contributed by atoms with van der Waals surface area (Å²) in [6.45, 7) is 7.15. The van der Waals surface area contributed by atoms with Gasteiger partial charge in [0, 0.05) is 18.2 Å². The van der Waals surface area contributed by atoms with E-state index in [1.54, 1.807) is 30.3 Å². The number of aromatic nitrogens is 2. The number of para-hydroxylation sites is 1. The predicted molar refractivity (Wildman–Crippen MR) is 143 cm³/mol. The maximum atomic E-state index is 13.8. The number of hydrogen-bond acceptors (Lipinski definition) is 8. The van der Waals surface area contributed by atoms with Crippen molar-refractivity contribution in [1.82, 2.24) is 14.6 Å². The molecule has 0 spiro atoms. The number of benzene rings is 2. The van der Waals surface area contributed by atoms with Gasteiger partial charge in [0.25, 0.3) is 5.56 Å². The number of hydrogen-bond donors (Lipinski definition) is 2. The summed E-state index contributed by atoms with van der Waals surface area (Å²) in [5.41, 5.74) is 0.248. The first-order chi connectivity index (χ1) is 18.6. The van der Waals surface area contributed by atoms with Gasteiger partial charge in [0.2, 0.25) is 0 Å². The van der Waals surface area contributed by atoms with Crippen LogP contribution in [0.2, 0.25) is 0 Å². The van der Waals surface area contributed by atoms with Gasteiger partial charge in [0.05, 0.1) is 6.61 Å². The molecule has 2 N–H and O–H groups in total. The molecule has 0 amide bonds. The van der Waals surface area contributed by atoms with E-state index in [1.165, 1.54) is 23.8 Å². The van der Waals surface area contributed by atoms with E-state index in [-0.39, 0.29) is 24.9 Å². The molecule has 1 aliphatic rings. The highest BCUT2D eigenvalue weighted by Gasteiger charge is 2.40. The molecule has 1 unspecified atom stereocenters. The van der Waals surface area contributed by atoms with Crippen LogP contribution in [0.4, 0.5) is 0 Å². The van der Waals surface area contributed by atoms with E-state index in [0.29, 0.717) is 5.57 Å². The second kappa shape index (κ2) is 12.4. The van der Waals surface area contributed by atoms with E-state index in [9.17, 15) is 18.9 Å². The lowest BCUT2D eigenvalue weighted by Crippen LogP contribution is -2.35. The SMILES string of the molecule is C=C1[C@@H](COP(=O)(N[C@H](C)C(=O)OCc2ccccc2)Oc2ccccc2)O[C@@H](n2ccc(=O)[nH]c2=O)[C@H]1C. The molecule has 3 aromatic rings. The minimum absolute atomic E-state index is 0.0511. The Bertz CT molecular complexity index is 1460. The standard InChI is InChI=1S/C27H30N3O8P/c1-18-19(2)25(30-15-14-24(31)28-27(30)33)37-23(18)17-36-39(34,38-22-12-8-5-9-13-22)29-20(3)26(32)35-16-21-10-6-4-7-11-21/h4-15,19-20,23,25H,1,16-17H2,2-3H3,(H,29,34)(H,28,31,33)/t19-,20+,23+,25+,39?/m0/s1. The van der Waals surface area contributed by atoms with Crippen molar-refractivity contribution in [2.24, 2.45) is 5.92 Å². The maximum absolute atomic E-state index is 13.8. The average Bonchev–Trinajstić information content (AvgIpc) is 3.20. The second-order valence-electron chi connectivity index (χ2n) is 9.04. The van der Waals surface area contributed by atoms with E-state index in [0.717, 1.165) is 5.56 Å². The predicted octanol–water partition coefficient (Wildman–Crippen LogP) is 3.55. The number of rotatable bonds is 11. The molecule has 206 valence electrons. The van der Waals surface area contributed by atoms with Gasteiger partial charge >= 0.3 is 19.4 Å². The van der Waals surface area contributed by atoms with Gasteiger partial charge in [-0.1, -0.05) is 62.0 Å². The zero-order valence-corrected chi connectivity index (χ0v) is 22.4. The van der Waals surface area contributed by atoms with Crippen molar-refractivity contribution in [2.45, 2.75) is 38.8 Å². The molecule has 2 aromatic carbocycles. The number of esters is 1. The fourth-order valence-corrected chi connectivity index (χ4v) is 5.44. The molecule has 0 radical (unpaired) electrons. The number of nitrogens with zero attached hydrogens (tertiary/aromatic N) is 1. The van der Waals surface area contributed by atoms with E-state index < -0.39 is 43.3 Å². The van der Waals surface area contributed by atoms with Crippen molar-refractivity contribution >= 4 is 13.7 Å². The normalized spacial score (nSPS) is 21.2. The summed E-state index contributed by atoms with van der Waals surface area (Å²) in [7, 11) is -4.14. The Kier molecular flexibility index (Phi) is 8.98. The highest BCUT2D eigenvalue weighted by atomic mass is 31.2. The third kappa shape index (κ3) is 7.21. The number of ether oxygens (including phenoxy) is 2. The number of H-pyrrole nitrogens is 1. The molecule has 1 aliphatic heterocycles. The van der Waals surface area contributed by atoms with Gasteiger partial charge in [0.15, 0.2) is 0 Å². The van der Waals surface area contributed by atoms with Crippen molar-refractivity contribution in [3.05, 3.63) is 111 Å². The van der Waals surface area contributed by atoms with E-state index >= 15 is 0 Å². The molecule has 5 atom stereocenters. The Morgan fingerprint density at radius 3 is 2.46 bits per heavy atom. The van der Waals surface area contributed by atoms with E-state index in [1.807, 2.05) is 37.3 Å². The first-order valence-corrected chi connectivity index (χ1v) is 13.8. The highest BCUT2D eigenvalue weighted by Crippen LogP contribution is 2.47. The van der Waals surface area contributed by atoms with Crippen LogP contribution < -0.4 is 20.9 Å². The first-order valence-electron chi connectivity index (χ1n) is 12.3. The quantitative estimate of drug-likeness (QED) is 0.207. The fourth-order valence-electron chi connectivity index (χ4n) is 3.95. The summed E-state index contributed by atoms with van der Waals surface area (Å²) < 4.78 is 37.8. The molecule has 12 heteroatoms. The van der Waals surface area contributed by atoms with Crippen molar-refractivity contribution in [3.8, 4) is 5.75 Å². The molecular weight excluding hydrogens is 525 g/mol. The Morgan fingerprint density at radius 1 is 1.13 bits per heavy atom. The molecule has 0 saturated carbocycles. The van der Waals surface area contributed by atoms with Crippen LogP contribution in [0, 0.1) is 5.92 Å². The smallest absolute Gasteiger partial charge is 0.459 e. The average molecular weight is 556 g/mol. The molecule has 0 aliphatic carbocycles. The van der Waals surface area contributed by atoms with Gasteiger partial charge in [-0.2, -0.15) is 5.09 Å². The van der Waals surface area contributed by atoms with Crippen molar-refractivity contribution in [1.29, 1.82) is 0 Å². The van der Waals surface area contributed by atoms with Gasteiger partial charge in [-0.05, 0) is 30.2 Å². The summed E-state index contributed by atoms with van der Waals surface area (Å²) >= 11 is 0. The van der Waals surface area contributed by atoms with Crippen LogP contribution in [-0.2, 0) is 30.0 Å². The Labute approximate surface area is 225 Å². The molecule has 1 fully saturated rings. The molecular formula is C27H30N3O8P. The third-order valence-corrected chi connectivity index (χ3v) is 7.79. The lowest BCUT2D eigenvalue weighted by molar-refractivity contribution is -0.146. The van der Waals surface area contributed by atoms with Crippen molar-refractivity contribution in [3.63, 3.8) is 0 Å². The van der Waals surface area contributed by atoms with Crippen LogP contribution >= 0.6 is 7.75 Å². The van der Waals surface area contributed by atoms with Crippen LogP contribution in [0.15, 0.2) is 94.7 Å². The van der Waals surface area contributed by atoms with Gasteiger partial charge < -0.3 is 14.0 Å². The molecule has 4 rings (SSSR count). The van der Waals surface area contributed by atoms with E-state index in [4.69, 9.17) is 18.5 Å². The largest absolute Gasteiger partial charge is 0.460 e. The van der Waals surface area contributed by atoms with Crippen LogP contribution in [0.25, 0.3) is 0 Å². The topological polar surface area (TPSA) is 138 Å². The van der Waals surface area contributed by atoms with Crippen LogP contribution in [0.1, 0.15) is 25.6 Å². The number of aromatic amines is 1. The fraction of sp³-hybridized carbons (Fsp3) is 0.296. The molecule has 1 saturated heterocycles. The van der Waals surface area contributed by atoms with Gasteiger partial charge in [-0.15, -0.1) is 0 Å². The lowest BCUT2D eigenvalue weighted by Gasteiger charge is -2.24. The Balaban J connectivity index is 1.45. The zero-order chi connectivity index (χ0) is 28.0. The van der Waals surface area contributed by atoms with Gasteiger partial charge in [-0.25, -0.2) is 9.36 Å². The maximum Gasteiger partial charge on any atom is 0.459 e. The summed E-state index contributed by atoms with van der Waals surface area (Å²) in [4.78, 5) is 38.6. The van der Waals surface area contributed by atoms with Crippen LogP contribution in [0.3, 0.4) is 0 Å². The van der Waals surface area contributed by atoms with Crippen LogP contribution in [0.5, 0.6) is 5.75 Å². The zero-order valence-electron chi connectivity index (χ0n) is 21.5. The highest BCUT2D eigenvalue weighted by molar-refractivity contribution is 7.52.